The second-order valence-corrected chi connectivity index (χ2v) is 8.81. The largest absolute Gasteiger partial charge is 0.452 e. The van der Waals surface area contributed by atoms with Crippen molar-refractivity contribution in [1.29, 1.82) is 0 Å². The van der Waals surface area contributed by atoms with E-state index in [0.717, 1.165) is 31.2 Å². The van der Waals surface area contributed by atoms with E-state index >= 15 is 0 Å². The minimum Gasteiger partial charge on any atom is -0.452 e. The van der Waals surface area contributed by atoms with Gasteiger partial charge in [0.1, 0.15) is 0 Å². The molecule has 1 aromatic carbocycles. The first kappa shape index (κ1) is 18.7. The molecule has 0 aromatic heterocycles. The molecule has 1 fully saturated rings. The molecule has 0 spiro atoms. The molecule has 1 aromatic rings. The van der Waals surface area contributed by atoms with Gasteiger partial charge >= 0.3 is 5.97 Å². The molecule has 0 unspecified atom stereocenters. The molecule has 3 rings (SSSR count). The van der Waals surface area contributed by atoms with Gasteiger partial charge in [-0.2, -0.15) is 0 Å². The topological polar surface area (TPSA) is 92.8 Å². The third-order valence-corrected chi connectivity index (χ3v) is 6.03. The monoisotopic (exact) mass is 380 g/mol. The number of ether oxygens (including phenoxy) is 1. The van der Waals surface area contributed by atoms with E-state index in [1.165, 1.54) is 10.6 Å². The molecule has 0 saturated heterocycles. The van der Waals surface area contributed by atoms with Crippen LogP contribution in [0.5, 0.6) is 0 Å². The molecule has 0 bridgehead atoms. The van der Waals surface area contributed by atoms with Gasteiger partial charge in [0, 0.05) is 12.6 Å². The standard InChI is InChI=1S/C18H24N2O5S/c1-26(23,24)20-10-4-5-13-11-14(8-9-16(13)20)18(22)25-12-17(21)19-15-6-2-3-7-15/h8-9,11,15H,2-7,10,12H2,1H3,(H,19,21). The highest BCUT2D eigenvalue weighted by Gasteiger charge is 2.25. The third kappa shape index (κ3) is 4.35. The zero-order chi connectivity index (χ0) is 18.7. The Hall–Kier alpha value is -2.09. The lowest BCUT2D eigenvalue weighted by molar-refractivity contribution is -0.124. The first-order chi connectivity index (χ1) is 12.3. The van der Waals surface area contributed by atoms with Crippen molar-refractivity contribution in [2.45, 2.75) is 44.6 Å². The zero-order valence-corrected chi connectivity index (χ0v) is 15.7. The number of nitrogens with one attached hydrogen (secondary N) is 1. The third-order valence-electron chi connectivity index (χ3n) is 4.85. The van der Waals surface area contributed by atoms with Gasteiger partial charge in [0.05, 0.1) is 17.5 Å². The molecule has 1 saturated carbocycles. The highest BCUT2D eigenvalue weighted by Crippen LogP contribution is 2.30. The van der Waals surface area contributed by atoms with Crippen LogP contribution < -0.4 is 9.62 Å². The number of amides is 1. The van der Waals surface area contributed by atoms with Gasteiger partial charge in [0.25, 0.3) is 5.91 Å². The minimum absolute atomic E-state index is 0.187. The Kier molecular flexibility index (Phi) is 5.50. The first-order valence-corrected chi connectivity index (χ1v) is 10.8. The Balaban J connectivity index is 1.62. The van der Waals surface area contributed by atoms with Crippen LogP contribution in [-0.2, 0) is 26.0 Å². The fraction of sp³-hybridized carbons (Fsp3) is 0.556. The van der Waals surface area contributed by atoms with Gasteiger partial charge in [-0.15, -0.1) is 0 Å². The second kappa shape index (κ2) is 7.65. The minimum atomic E-state index is -3.34. The fourth-order valence-corrected chi connectivity index (χ4v) is 4.58. The second-order valence-electron chi connectivity index (χ2n) is 6.91. The van der Waals surface area contributed by atoms with Crippen LogP contribution in [0.2, 0.25) is 0 Å². The van der Waals surface area contributed by atoms with Gasteiger partial charge < -0.3 is 10.1 Å². The predicted molar refractivity (Wildman–Crippen MR) is 97.6 cm³/mol. The van der Waals surface area contributed by atoms with E-state index in [4.69, 9.17) is 4.74 Å². The lowest BCUT2D eigenvalue weighted by atomic mass is 10.0. The predicted octanol–water partition coefficient (Wildman–Crippen LogP) is 1.61. The van der Waals surface area contributed by atoms with Crippen molar-refractivity contribution in [2.24, 2.45) is 0 Å². The van der Waals surface area contributed by atoms with Crippen LogP contribution in [-0.4, -0.2) is 45.7 Å². The number of hydrogen-bond donors (Lipinski definition) is 1. The van der Waals surface area contributed by atoms with E-state index in [9.17, 15) is 18.0 Å². The number of rotatable bonds is 5. The fourth-order valence-electron chi connectivity index (χ4n) is 3.59. The number of anilines is 1. The first-order valence-electron chi connectivity index (χ1n) is 8.92. The summed E-state index contributed by atoms with van der Waals surface area (Å²) in [6.07, 6.45) is 6.75. The van der Waals surface area contributed by atoms with Crippen molar-refractivity contribution in [3.63, 3.8) is 0 Å². The summed E-state index contributed by atoms with van der Waals surface area (Å²) in [7, 11) is -3.34. The number of carbonyl (C=O) groups excluding carboxylic acids is 2. The number of fused-ring (bicyclic) bond motifs is 1. The van der Waals surface area contributed by atoms with E-state index in [1.54, 1.807) is 18.2 Å². The van der Waals surface area contributed by atoms with Crippen molar-refractivity contribution in [2.75, 3.05) is 23.7 Å². The number of carbonyl (C=O) groups is 2. The molecule has 1 aliphatic heterocycles. The highest BCUT2D eigenvalue weighted by molar-refractivity contribution is 7.92. The van der Waals surface area contributed by atoms with Crippen molar-refractivity contribution < 1.29 is 22.7 Å². The smallest absolute Gasteiger partial charge is 0.338 e. The lowest BCUT2D eigenvalue weighted by Gasteiger charge is -2.29. The lowest BCUT2D eigenvalue weighted by Crippen LogP contribution is -2.36. The van der Waals surface area contributed by atoms with Gasteiger partial charge in [-0.1, -0.05) is 12.8 Å². The summed E-state index contributed by atoms with van der Waals surface area (Å²) in [5, 5.41) is 2.87. The Bertz CT molecular complexity index is 800. The number of benzene rings is 1. The maximum atomic E-state index is 12.2. The van der Waals surface area contributed by atoms with Gasteiger partial charge in [0.15, 0.2) is 6.61 Å². The summed E-state index contributed by atoms with van der Waals surface area (Å²) < 4.78 is 30.2. The van der Waals surface area contributed by atoms with Crippen LogP contribution in [0, 0.1) is 0 Å². The average molecular weight is 380 g/mol. The SMILES string of the molecule is CS(=O)(=O)N1CCCc2cc(C(=O)OCC(=O)NC3CCCC3)ccc21. The molecule has 26 heavy (non-hydrogen) atoms. The molecular weight excluding hydrogens is 356 g/mol. The summed E-state index contributed by atoms with van der Waals surface area (Å²) in [5.74, 6) is -0.864. The molecule has 1 N–H and O–H groups in total. The summed E-state index contributed by atoms with van der Waals surface area (Å²) in [6.45, 7) is 0.138. The van der Waals surface area contributed by atoms with Crippen LogP contribution in [0.25, 0.3) is 0 Å². The molecule has 142 valence electrons. The normalized spacial score (nSPS) is 17.7. The van der Waals surface area contributed by atoms with Crippen LogP contribution in [0.4, 0.5) is 5.69 Å². The summed E-state index contributed by atoms with van der Waals surface area (Å²) in [4.78, 5) is 24.1. The Morgan fingerprint density at radius 3 is 2.65 bits per heavy atom. The van der Waals surface area contributed by atoms with E-state index in [1.807, 2.05) is 0 Å². The Morgan fingerprint density at radius 2 is 1.96 bits per heavy atom. The summed E-state index contributed by atoms with van der Waals surface area (Å²) in [6, 6.07) is 5.01. The zero-order valence-electron chi connectivity index (χ0n) is 14.9. The summed E-state index contributed by atoms with van der Waals surface area (Å²) in [5.41, 5.74) is 1.73. The molecular formula is C18H24N2O5S. The average Bonchev–Trinajstić information content (AvgIpc) is 3.10. The number of aryl methyl sites for hydroxylation is 1. The molecule has 0 radical (unpaired) electrons. The van der Waals surface area contributed by atoms with Gasteiger partial charge in [0.2, 0.25) is 10.0 Å². The molecule has 1 amide bonds. The number of esters is 1. The molecule has 2 aliphatic rings. The van der Waals surface area contributed by atoms with Crippen LogP contribution in [0.15, 0.2) is 18.2 Å². The van der Waals surface area contributed by atoms with Gasteiger partial charge in [-0.3, -0.25) is 9.10 Å². The number of nitrogens with zero attached hydrogens (tertiary/aromatic N) is 1. The highest BCUT2D eigenvalue weighted by atomic mass is 32.2. The summed E-state index contributed by atoms with van der Waals surface area (Å²) >= 11 is 0. The number of hydrogen-bond acceptors (Lipinski definition) is 5. The van der Waals surface area contributed by atoms with E-state index in [-0.39, 0.29) is 18.6 Å². The van der Waals surface area contributed by atoms with Crippen LogP contribution >= 0.6 is 0 Å². The van der Waals surface area contributed by atoms with Crippen LogP contribution in [0.1, 0.15) is 48.0 Å². The van der Waals surface area contributed by atoms with Crippen molar-refractivity contribution >= 4 is 27.6 Å². The molecule has 0 atom stereocenters. The molecule has 1 aliphatic carbocycles. The van der Waals surface area contributed by atoms with Crippen molar-refractivity contribution in [3.05, 3.63) is 29.3 Å². The van der Waals surface area contributed by atoms with E-state index < -0.39 is 16.0 Å². The van der Waals surface area contributed by atoms with Crippen molar-refractivity contribution in [3.8, 4) is 0 Å². The van der Waals surface area contributed by atoms with Crippen LogP contribution in [0.3, 0.4) is 0 Å². The van der Waals surface area contributed by atoms with Gasteiger partial charge in [-0.25, -0.2) is 13.2 Å². The molecule has 1 heterocycles. The van der Waals surface area contributed by atoms with E-state index in [2.05, 4.69) is 5.32 Å². The Labute approximate surface area is 153 Å². The molecule has 7 nitrogen and oxygen atoms in total. The van der Waals surface area contributed by atoms with Gasteiger partial charge in [-0.05, 0) is 49.4 Å². The molecule has 8 heteroatoms. The van der Waals surface area contributed by atoms with Crippen molar-refractivity contribution in [1.82, 2.24) is 5.32 Å². The maximum Gasteiger partial charge on any atom is 0.338 e. The Morgan fingerprint density at radius 1 is 1.23 bits per heavy atom. The van der Waals surface area contributed by atoms with E-state index in [0.29, 0.717) is 30.6 Å². The number of sulfonamides is 1. The maximum absolute atomic E-state index is 12.2. The quantitative estimate of drug-likeness (QED) is 0.784.